The maximum atomic E-state index is 2.41. The molecule has 1 aliphatic carbocycles. The van der Waals surface area contributed by atoms with Crippen LogP contribution in [0.15, 0.2) is 200 Å². The Morgan fingerprint density at radius 1 is 0.462 bits per heavy atom. The van der Waals surface area contributed by atoms with E-state index in [1.54, 1.807) is 0 Å². The first-order valence-electron chi connectivity index (χ1n) is 17.2. The molecule has 0 amide bonds. The summed E-state index contributed by atoms with van der Waals surface area (Å²) < 4.78 is 1.42. The summed E-state index contributed by atoms with van der Waals surface area (Å²) in [5.41, 5.74) is 13.1. The topological polar surface area (TPSA) is 0 Å². The van der Waals surface area contributed by atoms with E-state index in [1.807, 2.05) is 0 Å². The van der Waals surface area contributed by atoms with Crippen LogP contribution in [-0.2, 0) is 24.2 Å². The summed E-state index contributed by atoms with van der Waals surface area (Å²) in [6.07, 6.45) is 7.73. The van der Waals surface area contributed by atoms with Crippen LogP contribution in [0.4, 0.5) is 0 Å². The molecule has 0 bridgehead atoms. The average molecular weight is 786 g/mol. The summed E-state index contributed by atoms with van der Waals surface area (Å²) in [5, 5.41) is 5.29. The maximum absolute atomic E-state index is 2.41. The Morgan fingerprint density at radius 2 is 0.885 bits per heavy atom. The molecule has 0 N–H and O–H groups in total. The molecule has 0 heterocycles. The van der Waals surface area contributed by atoms with Gasteiger partial charge in [0.1, 0.15) is 0 Å². The van der Waals surface area contributed by atoms with Crippen LogP contribution in [0.3, 0.4) is 0 Å². The molecule has 0 spiro atoms. The molecular formula is C49H35Cl2Zr-. The number of fused-ring (bicyclic) bond motifs is 3. The quantitative estimate of drug-likeness (QED) is 0.162. The Labute approximate surface area is 333 Å². The molecule has 0 radical (unpaired) electrons. The van der Waals surface area contributed by atoms with Crippen LogP contribution in [0.5, 0.6) is 0 Å². The molecule has 0 unspecified atom stereocenters. The fourth-order valence-electron chi connectivity index (χ4n) is 7.22. The summed E-state index contributed by atoms with van der Waals surface area (Å²) in [5.74, 6) is 0. The Morgan fingerprint density at radius 3 is 1.37 bits per heavy atom. The van der Waals surface area contributed by atoms with E-state index in [-0.39, 0.29) is 24.8 Å². The molecular weight excluding hydrogens is 751 g/mol. The molecule has 9 rings (SSSR count). The van der Waals surface area contributed by atoms with Crippen molar-refractivity contribution in [2.45, 2.75) is 6.42 Å². The van der Waals surface area contributed by atoms with Crippen molar-refractivity contribution in [1.82, 2.24) is 0 Å². The van der Waals surface area contributed by atoms with Crippen molar-refractivity contribution in [3.8, 4) is 33.4 Å². The van der Waals surface area contributed by atoms with Crippen LogP contribution in [-0.4, -0.2) is 3.21 Å². The average Bonchev–Trinajstić information content (AvgIpc) is 3.88. The molecule has 0 saturated heterocycles. The van der Waals surface area contributed by atoms with E-state index in [0.29, 0.717) is 0 Å². The van der Waals surface area contributed by atoms with Gasteiger partial charge in [0.15, 0.2) is 0 Å². The van der Waals surface area contributed by atoms with E-state index in [4.69, 9.17) is 0 Å². The van der Waals surface area contributed by atoms with Crippen LogP contribution in [0.1, 0.15) is 23.1 Å². The zero-order valence-corrected chi connectivity index (χ0v) is 32.5. The van der Waals surface area contributed by atoms with Gasteiger partial charge in [-0.25, -0.2) is 0 Å². The SMILES string of the molecule is C1=CCC(c2c(-c3ccccc3)c(-c3ccccc3)c(-c3ccccc3)c3c2[cH-]c2ccccc23)=C1.[Cl-].[Cl-].[Zr+2]=[C](c1ccccc1)c1ccccc1. The molecule has 52 heavy (non-hydrogen) atoms. The molecule has 8 aromatic rings. The van der Waals surface area contributed by atoms with Gasteiger partial charge in [-0.15, -0.1) is 28.3 Å². The molecule has 1 aliphatic rings. The van der Waals surface area contributed by atoms with Crippen LogP contribution in [0.25, 0.3) is 60.5 Å². The minimum absolute atomic E-state index is 0. The Hall–Kier alpha value is -4.78. The Balaban J connectivity index is 0.000000246. The normalized spacial score (nSPS) is 11.6. The predicted octanol–water partition coefficient (Wildman–Crippen LogP) is 6.87. The number of allylic oxidation sites excluding steroid dienone is 4. The summed E-state index contributed by atoms with van der Waals surface area (Å²) in [7, 11) is 0. The molecule has 0 nitrogen and oxygen atoms in total. The minimum atomic E-state index is 0. The Bertz CT molecular complexity index is 2440. The Kier molecular flexibility index (Phi) is 12.2. The van der Waals surface area contributed by atoms with E-state index in [0.717, 1.165) is 6.42 Å². The molecule has 250 valence electrons. The fraction of sp³-hybridized carbons (Fsp3) is 0.0204. The predicted molar refractivity (Wildman–Crippen MR) is 211 cm³/mol. The third-order valence-electron chi connectivity index (χ3n) is 9.47. The van der Waals surface area contributed by atoms with E-state index in [2.05, 4.69) is 200 Å². The number of benzene rings is 7. The standard InChI is InChI=1S/C36H25.C13H10.2ClH.Zr/c1-4-14-26(15-5-1)33-32(25-20-10-11-21-25)31-24-29-22-12-13-23-30(29)36(31)35(28-18-8-3-9-19-28)34(33)27-16-6-2-7-17-27;1-3-7-12(8-4-1)11-13-9-5-2-6-10-13;;;/h1-20,22-24H,21H2;1-10H;2*1H;/q-1;;;;+2/p-2. The van der Waals surface area contributed by atoms with Gasteiger partial charge in [0.2, 0.25) is 0 Å². The summed E-state index contributed by atoms with van der Waals surface area (Å²) in [6, 6.07) is 65.2. The second-order valence-corrected chi connectivity index (χ2v) is 13.8. The van der Waals surface area contributed by atoms with E-state index < -0.39 is 0 Å². The monoisotopic (exact) mass is 783 g/mol. The molecule has 0 saturated carbocycles. The van der Waals surface area contributed by atoms with Gasteiger partial charge in [0, 0.05) is 0 Å². The van der Waals surface area contributed by atoms with Crippen LogP contribution in [0, 0.1) is 0 Å². The number of rotatable bonds is 6. The van der Waals surface area contributed by atoms with Gasteiger partial charge in [0.05, 0.1) is 0 Å². The second kappa shape index (κ2) is 17.2. The van der Waals surface area contributed by atoms with Crippen molar-refractivity contribution in [3.63, 3.8) is 0 Å². The van der Waals surface area contributed by atoms with E-state index >= 15 is 0 Å². The van der Waals surface area contributed by atoms with Crippen LogP contribution < -0.4 is 24.8 Å². The molecule has 8 aromatic carbocycles. The zero-order valence-electron chi connectivity index (χ0n) is 28.5. The molecule has 0 aliphatic heterocycles. The third-order valence-corrected chi connectivity index (χ3v) is 10.9. The molecule has 0 fully saturated rings. The third kappa shape index (κ3) is 7.41. The van der Waals surface area contributed by atoms with Crippen molar-refractivity contribution in [1.29, 1.82) is 0 Å². The van der Waals surface area contributed by atoms with Gasteiger partial charge in [0.25, 0.3) is 0 Å². The van der Waals surface area contributed by atoms with Crippen molar-refractivity contribution < 1.29 is 49.0 Å². The molecule has 3 heteroatoms. The second-order valence-electron chi connectivity index (χ2n) is 12.5. The number of hydrogen-bond donors (Lipinski definition) is 0. The van der Waals surface area contributed by atoms with Crippen molar-refractivity contribution >= 4 is 30.3 Å². The van der Waals surface area contributed by atoms with Gasteiger partial charge in [-0.3, -0.25) is 0 Å². The first kappa shape index (κ1) is 37.0. The zero-order chi connectivity index (χ0) is 33.7. The van der Waals surface area contributed by atoms with Crippen molar-refractivity contribution in [3.05, 3.63) is 217 Å². The molecule has 0 atom stereocenters. The van der Waals surface area contributed by atoms with E-state index in [9.17, 15) is 0 Å². The van der Waals surface area contributed by atoms with Crippen molar-refractivity contribution in [2.24, 2.45) is 0 Å². The number of hydrogen-bond acceptors (Lipinski definition) is 0. The van der Waals surface area contributed by atoms with E-state index in [1.165, 1.54) is 105 Å². The van der Waals surface area contributed by atoms with Gasteiger partial charge in [-0.2, -0.15) is 0 Å². The number of halogens is 2. The van der Waals surface area contributed by atoms with Gasteiger partial charge < -0.3 is 24.8 Å². The summed E-state index contributed by atoms with van der Waals surface area (Å²) >= 11 is 1.46. The van der Waals surface area contributed by atoms with Gasteiger partial charge >= 0.3 is 99.2 Å². The molecule has 0 aromatic heterocycles. The van der Waals surface area contributed by atoms with Crippen LogP contribution >= 0.6 is 0 Å². The van der Waals surface area contributed by atoms with Gasteiger partial charge in [-0.05, 0) is 39.8 Å². The van der Waals surface area contributed by atoms with Gasteiger partial charge in [-0.1, -0.05) is 144 Å². The summed E-state index contributed by atoms with van der Waals surface area (Å²) in [4.78, 5) is 0. The first-order valence-corrected chi connectivity index (χ1v) is 18.4. The van der Waals surface area contributed by atoms with Crippen LogP contribution in [0.2, 0.25) is 0 Å². The fourth-order valence-corrected chi connectivity index (χ4v) is 8.04. The van der Waals surface area contributed by atoms with Crippen molar-refractivity contribution in [2.75, 3.05) is 0 Å². The first-order chi connectivity index (χ1) is 24.8. The summed E-state index contributed by atoms with van der Waals surface area (Å²) in [6.45, 7) is 0.